The number of aromatic nitrogens is 3. The third-order valence-corrected chi connectivity index (χ3v) is 4.36. The predicted molar refractivity (Wildman–Crippen MR) is 93.1 cm³/mol. The number of aromatic amines is 1. The Labute approximate surface area is 143 Å². The number of pyridine rings is 1. The first-order valence-electron chi connectivity index (χ1n) is 8.08. The van der Waals surface area contributed by atoms with Gasteiger partial charge in [-0.05, 0) is 30.2 Å². The van der Waals surface area contributed by atoms with Crippen molar-refractivity contribution in [2.24, 2.45) is 0 Å². The van der Waals surface area contributed by atoms with Crippen LogP contribution in [0.1, 0.15) is 28.3 Å². The van der Waals surface area contributed by atoms with Crippen molar-refractivity contribution in [2.45, 2.75) is 18.4 Å². The minimum atomic E-state index is -0.493. The minimum Gasteiger partial charge on any atom is -0.348 e. The van der Waals surface area contributed by atoms with Gasteiger partial charge in [-0.1, -0.05) is 30.3 Å². The molecule has 6 nitrogen and oxygen atoms in total. The van der Waals surface area contributed by atoms with Gasteiger partial charge in [-0.3, -0.25) is 14.6 Å². The highest BCUT2D eigenvalue weighted by Gasteiger charge is 2.39. The molecule has 1 saturated carbocycles. The Hall–Kier alpha value is -3.28. The average molecular weight is 332 g/mol. The molecule has 1 aromatic carbocycles. The first-order valence-corrected chi connectivity index (χ1v) is 8.08. The molecule has 2 atom stereocenters. The Bertz CT molecular complexity index is 954. The van der Waals surface area contributed by atoms with Gasteiger partial charge >= 0.3 is 0 Å². The third-order valence-electron chi connectivity index (χ3n) is 4.36. The van der Waals surface area contributed by atoms with Crippen LogP contribution in [0.15, 0.2) is 65.7 Å². The van der Waals surface area contributed by atoms with E-state index < -0.39 is 5.56 Å². The molecule has 0 aliphatic heterocycles. The van der Waals surface area contributed by atoms with Crippen LogP contribution in [0.2, 0.25) is 0 Å². The van der Waals surface area contributed by atoms with Crippen molar-refractivity contribution in [3.05, 3.63) is 82.4 Å². The summed E-state index contributed by atoms with van der Waals surface area (Å²) in [7, 11) is 0. The van der Waals surface area contributed by atoms with Crippen LogP contribution in [0.3, 0.4) is 0 Å². The number of hydrogen-bond donors (Lipinski definition) is 2. The van der Waals surface area contributed by atoms with Crippen LogP contribution >= 0.6 is 0 Å². The molecule has 4 rings (SSSR count). The molecule has 0 bridgehead atoms. The SMILES string of the molecule is O=C(N[C@@H]1C[C@@H]1c1ccccc1)c1cc(-c2ccncc2)n[nH]c1=O. The number of carbonyl (C=O) groups is 1. The molecule has 1 fully saturated rings. The normalized spacial score (nSPS) is 18.6. The molecule has 2 N–H and O–H groups in total. The lowest BCUT2D eigenvalue weighted by molar-refractivity contribution is 0.0948. The molecule has 0 spiro atoms. The fourth-order valence-corrected chi connectivity index (χ4v) is 2.91. The largest absolute Gasteiger partial charge is 0.348 e. The maximum absolute atomic E-state index is 12.5. The highest BCUT2D eigenvalue weighted by molar-refractivity contribution is 5.95. The van der Waals surface area contributed by atoms with Gasteiger partial charge in [0.05, 0.1) is 5.69 Å². The van der Waals surface area contributed by atoms with E-state index in [1.165, 1.54) is 11.6 Å². The van der Waals surface area contributed by atoms with E-state index in [0.717, 1.165) is 12.0 Å². The molecule has 3 aromatic rings. The molecule has 25 heavy (non-hydrogen) atoms. The Morgan fingerprint density at radius 3 is 2.64 bits per heavy atom. The molecular weight excluding hydrogens is 316 g/mol. The van der Waals surface area contributed by atoms with E-state index in [4.69, 9.17) is 0 Å². The average Bonchev–Trinajstić information content (AvgIpc) is 3.42. The Balaban J connectivity index is 1.52. The Kier molecular flexibility index (Phi) is 3.85. The van der Waals surface area contributed by atoms with Crippen molar-refractivity contribution < 1.29 is 4.79 Å². The summed E-state index contributed by atoms with van der Waals surface area (Å²) in [5.41, 5.74) is 2.10. The zero-order chi connectivity index (χ0) is 17.2. The summed E-state index contributed by atoms with van der Waals surface area (Å²) < 4.78 is 0. The van der Waals surface area contributed by atoms with E-state index in [9.17, 15) is 9.59 Å². The van der Waals surface area contributed by atoms with Crippen LogP contribution in [-0.2, 0) is 0 Å². The first kappa shape index (κ1) is 15.3. The van der Waals surface area contributed by atoms with Crippen molar-refractivity contribution in [2.75, 3.05) is 0 Å². The fraction of sp³-hybridized carbons (Fsp3) is 0.158. The fourth-order valence-electron chi connectivity index (χ4n) is 2.91. The van der Waals surface area contributed by atoms with Gasteiger partial charge in [-0.2, -0.15) is 5.10 Å². The second-order valence-corrected chi connectivity index (χ2v) is 6.06. The van der Waals surface area contributed by atoms with Crippen molar-refractivity contribution in [3.63, 3.8) is 0 Å². The molecule has 124 valence electrons. The smallest absolute Gasteiger partial charge is 0.277 e. The van der Waals surface area contributed by atoms with Crippen LogP contribution in [0.5, 0.6) is 0 Å². The highest BCUT2D eigenvalue weighted by Crippen LogP contribution is 2.40. The number of rotatable bonds is 4. The van der Waals surface area contributed by atoms with Gasteiger partial charge in [0.25, 0.3) is 11.5 Å². The molecule has 1 aliphatic carbocycles. The van der Waals surface area contributed by atoms with Crippen molar-refractivity contribution in [1.82, 2.24) is 20.5 Å². The molecule has 0 unspecified atom stereocenters. The van der Waals surface area contributed by atoms with E-state index in [0.29, 0.717) is 11.6 Å². The maximum Gasteiger partial charge on any atom is 0.277 e. The molecule has 1 aliphatic rings. The second-order valence-electron chi connectivity index (χ2n) is 6.06. The van der Waals surface area contributed by atoms with Gasteiger partial charge in [-0.25, -0.2) is 5.10 Å². The van der Waals surface area contributed by atoms with Gasteiger partial charge in [-0.15, -0.1) is 0 Å². The lowest BCUT2D eigenvalue weighted by atomic mass is 10.1. The van der Waals surface area contributed by atoms with E-state index in [1.54, 1.807) is 24.5 Å². The zero-order valence-electron chi connectivity index (χ0n) is 13.3. The van der Waals surface area contributed by atoms with Gasteiger partial charge in [0.2, 0.25) is 0 Å². The van der Waals surface area contributed by atoms with Crippen molar-refractivity contribution >= 4 is 5.91 Å². The standard InChI is InChI=1S/C19H16N4O2/c24-18(21-17-10-14(17)12-4-2-1-3-5-12)15-11-16(22-23-19(15)25)13-6-8-20-9-7-13/h1-9,11,14,17H,10H2,(H,21,24)(H,23,25)/t14-,17-/m1/s1. The summed E-state index contributed by atoms with van der Waals surface area (Å²) in [6, 6.07) is 15.2. The van der Waals surface area contributed by atoms with Crippen LogP contribution in [0, 0.1) is 0 Å². The Morgan fingerprint density at radius 2 is 1.88 bits per heavy atom. The van der Waals surface area contributed by atoms with E-state index in [1.807, 2.05) is 18.2 Å². The topological polar surface area (TPSA) is 87.7 Å². The zero-order valence-corrected chi connectivity index (χ0v) is 13.3. The van der Waals surface area contributed by atoms with Gasteiger partial charge in [0, 0.05) is 29.9 Å². The van der Waals surface area contributed by atoms with Gasteiger partial charge < -0.3 is 5.32 Å². The second kappa shape index (κ2) is 6.32. The number of amides is 1. The summed E-state index contributed by atoms with van der Waals surface area (Å²) in [5, 5.41) is 9.34. The Morgan fingerprint density at radius 1 is 1.12 bits per heavy atom. The quantitative estimate of drug-likeness (QED) is 0.766. The molecule has 2 aromatic heterocycles. The summed E-state index contributed by atoms with van der Waals surface area (Å²) in [4.78, 5) is 28.5. The monoisotopic (exact) mass is 332 g/mol. The molecule has 0 radical (unpaired) electrons. The van der Waals surface area contributed by atoms with Gasteiger partial charge in [0.15, 0.2) is 0 Å². The third kappa shape index (κ3) is 3.19. The first-order chi connectivity index (χ1) is 12.2. The number of nitrogens with one attached hydrogen (secondary N) is 2. The van der Waals surface area contributed by atoms with Crippen LogP contribution in [0.25, 0.3) is 11.3 Å². The lowest BCUT2D eigenvalue weighted by Gasteiger charge is -2.06. The predicted octanol–water partition coefficient (Wildman–Crippen LogP) is 2.12. The van der Waals surface area contributed by atoms with Crippen molar-refractivity contribution in [3.8, 4) is 11.3 Å². The number of carbonyl (C=O) groups excluding carboxylic acids is 1. The summed E-state index contributed by atoms with van der Waals surface area (Å²) in [5.74, 6) is -0.0619. The molecule has 1 amide bonds. The van der Waals surface area contributed by atoms with Crippen LogP contribution in [-0.4, -0.2) is 27.1 Å². The van der Waals surface area contributed by atoms with Crippen LogP contribution < -0.4 is 10.9 Å². The van der Waals surface area contributed by atoms with E-state index in [2.05, 4.69) is 32.6 Å². The van der Waals surface area contributed by atoms with E-state index in [-0.39, 0.29) is 17.5 Å². The molecule has 0 saturated heterocycles. The maximum atomic E-state index is 12.5. The molecular formula is C19H16N4O2. The van der Waals surface area contributed by atoms with Crippen molar-refractivity contribution in [1.29, 1.82) is 0 Å². The minimum absolute atomic E-state index is 0.0619. The lowest BCUT2D eigenvalue weighted by Crippen LogP contribution is -2.32. The number of benzene rings is 1. The summed E-state index contributed by atoms with van der Waals surface area (Å²) >= 11 is 0. The molecule has 6 heteroatoms. The summed E-state index contributed by atoms with van der Waals surface area (Å²) in [6.07, 6.45) is 4.16. The highest BCUT2D eigenvalue weighted by atomic mass is 16.2. The molecule has 2 heterocycles. The number of hydrogen-bond acceptors (Lipinski definition) is 4. The number of nitrogens with zero attached hydrogens (tertiary/aromatic N) is 2. The van der Waals surface area contributed by atoms with E-state index >= 15 is 0 Å². The van der Waals surface area contributed by atoms with Gasteiger partial charge in [0.1, 0.15) is 5.56 Å². The number of H-pyrrole nitrogens is 1. The van der Waals surface area contributed by atoms with Crippen LogP contribution in [0.4, 0.5) is 0 Å². The summed E-state index contributed by atoms with van der Waals surface area (Å²) in [6.45, 7) is 0.